The van der Waals surface area contributed by atoms with Gasteiger partial charge in [-0.05, 0) is 37.3 Å². The Morgan fingerprint density at radius 1 is 1.14 bits per heavy atom. The Bertz CT molecular complexity index is 731. The molecular formula is C14H9Cl2NO4. The van der Waals surface area contributed by atoms with Crippen LogP contribution in [0.15, 0.2) is 36.4 Å². The largest absolute Gasteiger partial charge is 0.449 e. The maximum atomic E-state index is 11.3. The monoisotopic (exact) mass is 325 g/mol. The first kappa shape index (κ1) is 15.3. The summed E-state index contributed by atoms with van der Waals surface area (Å²) in [6.07, 6.45) is 0. The Labute approximate surface area is 130 Å². The standard InChI is InChI=1S/C14H9Cl2NO4/c1-8(18)9-2-4-14(12(6-9)17(19)20)21-13-5-3-10(15)7-11(13)16/h2-7H,1H3. The summed E-state index contributed by atoms with van der Waals surface area (Å²) in [5, 5.41) is 11.7. The van der Waals surface area contributed by atoms with Crippen LogP contribution in [0.25, 0.3) is 0 Å². The summed E-state index contributed by atoms with van der Waals surface area (Å²) in [5.41, 5.74) is -0.0787. The number of hydrogen-bond donors (Lipinski definition) is 0. The number of Topliss-reactive ketones (excluding diaryl/α,β-unsaturated/α-hetero) is 1. The summed E-state index contributed by atoms with van der Waals surface area (Å²) in [6.45, 7) is 1.33. The molecule has 0 fully saturated rings. The lowest BCUT2D eigenvalue weighted by molar-refractivity contribution is -0.385. The molecule has 0 aliphatic carbocycles. The van der Waals surface area contributed by atoms with Crippen molar-refractivity contribution in [1.82, 2.24) is 0 Å². The highest BCUT2D eigenvalue weighted by Gasteiger charge is 2.19. The number of rotatable bonds is 4. The summed E-state index contributed by atoms with van der Waals surface area (Å²) in [5.74, 6) is -0.0388. The van der Waals surface area contributed by atoms with Crippen LogP contribution in [0.3, 0.4) is 0 Å². The van der Waals surface area contributed by atoms with Gasteiger partial charge in [-0.15, -0.1) is 0 Å². The van der Waals surface area contributed by atoms with E-state index in [9.17, 15) is 14.9 Å². The number of carbonyl (C=O) groups excluding carboxylic acids is 1. The number of nitro benzene ring substituents is 1. The first-order valence-electron chi connectivity index (χ1n) is 5.81. The van der Waals surface area contributed by atoms with E-state index in [4.69, 9.17) is 27.9 Å². The minimum absolute atomic E-state index is 0.00535. The highest BCUT2D eigenvalue weighted by atomic mass is 35.5. The normalized spacial score (nSPS) is 10.2. The van der Waals surface area contributed by atoms with E-state index in [0.717, 1.165) is 0 Å². The third-order valence-corrected chi connectivity index (χ3v) is 3.21. The molecular weight excluding hydrogens is 317 g/mol. The van der Waals surface area contributed by atoms with Crippen LogP contribution in [-0.4, -0.2) is 10.7 Å². The smallest absolute Gasteiger partial charge is 0.312 e. The Kier molecular flexibility index (Phi) is 4.45. The zero-order valence-corrected chi connectivity index (χ0v) is 12.3. The number of carbonyl (C=O) groups is 1. The summed E-state index contributed by atoms with van der Waals surface area (Å²) in [7, 11) is 0. The fourth-order valence-electron chi connectivity index (χ4n) is 1.64. The lowest BCUT2D eigenvalue weighted by Crippen LogP contribution is -1.98. The molecule has 21 heavy (non-hydrogen) atoms. The van der Waals surface area contributed by atoms with Gasteiger partial charge in [0.25, 0.3) is 0 Å². The molecule has 0 aliphatic rings. The molecule has 0 amide bonds. The van der Waals surface area contributed by atoms with E-state index in [1.54, 1.807) is 6.07 Å². The van der Waals surface area contributed by atoms with Gasteiger partial charge in [0.15, 0.2) is 5.78 Å². The lowest BCUT2D eigenvalue weighted by Gasteiger charge is -2.09. The van der Waals surface area contributed by atoms with Crippen molar-refractivity contribution in [1.29, 1.82) is 0 Å². The van der Waals surface area contributed by atoms with Gasteiger partial charge in [0.2, 0.25) is 5.75 Å². The minimum atomic E-state index is -0.619. The molecule has 0 unspecified atom stereocenters. The fraction of sp³-hybridized carbons (Fsp3) is 0.0714. The molecule has 2 aromatic carbocycles. The van der Waals surface area contributed by atoms with E-state index in [-0.39, 0.29) is 33.6 Å². The third-order valence-electron chi connectivity index (χ3n) is 2.68. The van der Waals surface area contributed by atoms with Crippen LogP contribution < -0.4 is 4.74 Å². The molecule has 0 radical (unpaired) electrons. The van der Waals surface area contributed by atoms with Gasteiger partial charge in [-0.1, -0.05) is 23.2 Å². The van der Waals surface area contributed by atoms with Gasteiger partial charge >= 0.3 is 5.69 Å². The molecule has 5 nitrogen and oxygen atoms in total. The minimum Gasteiger partial charge on any atom is -0.449 e. The molecule has 0 N–H and O–H groups in total. The second-order valence-electron chi connectivity index (χ2n) is 4.17. The first-order valence-corrected chi connectivity index (χ1v) is 6.56. The van der Waals surface area contributed by atoms with Gasteiger partial charge in [-0.3, -0.25) is 14.9 Å². The van der Waals surface area contributed by atoms with Crippen LogP contribution >= 0.6 is 23.2 Å². The maximum Gasteiger partial charge on any atom is 0.312 e. The average molecular weight is 326 g/mol. The SMILES string of the molecule is CC(=O)c1ccc(Oc2ccc(Cl)cc2Cl)c([N+](=O)[O-])c1. The number of ketones is 1. The van der Waals surface area contributed by atoms with E-state index in [1.807, 2.05) is 0 Å². The average Bonchev–Trinajstić information content (AvgIpc) is 2.41. The van der Waals surface area contributed by atoms with E-state index >= 15 is 0 Å². The van der Waals surface area contributed by atoms with Gasteiger partial charge in [-0.2, -0.15) is 0 Å². The van der Waals surface area contributed by atoms with E-state index in [2.05, 4.69) is 0 Å². The summed E-state index contributed by atoms with van der Waals surface area (Å²) >= 11 is 11.7. The van der Waals surface area contributed by atoms with Crippen molar-refractivity contribution in [3.63, 3.8) is 0 Å². The zero-order chi connectivity index (χ0) is 15.6. The summed E-state index contributed by atoms with van der Waals surface area (Å²) < 4.78 is 5.45. The second kappa shape index (κ2) is 6.11. The first-order chi connectivity index (χ1) is 9.88. The molecule has 2 aromatic rings. The molecule has 0 saturated heterocycles. The molecule has 7 heteroatoms. The van der Waals surface area contributed by atoms with Gasteiger partial charge in [0, 0.05) is 16.7 Å². The number of ether oxygens (including phenoxy) is 1. The van der Waals surface area contributed by atoms with E-state index in [0.29, 0.717) is 5.02 Å². The summed E-state index contributed by atoms with van der Waals surface area (Å²) in [4.78, 5) is 21.7. The van der Waals surface area contributed by atoms with Crippen molar-refractivity contribution in [3.8, 4) is 11.5 Å². The topological polar surface area (TPSA) is 69.4 Å². The Balaban J connectivity index is 2.44. The molecule has 108 valence electrons. The van der Waals surface area contributed by atoms with Crippen molar-refractivity contribution in [2.45, 2.75) is 6.92 Å². The predicted octanol–water partition coefficient (Wildman–Crippen LogP) is 4.90. The number of nitrogens with zero attached hydrogens (tertiary/aromatic N) is 1. The van der Waals surface area contributed by atoms with Crippen LogP contribution in [0.4, 0.5) is 5.69 Å². The van der Waals surface area contributed by atoms with Crippen molar-refractivity contribution >= 4 is 34.7 Å². The Morgan fingerprint density at radius 3 is 2.38 bits per heavy atom. The molecule has 0 heterocycles. The van der Waals surface area contributed by atoms with Crippen LogP contribution in [0.1, 0.15) is 17.3 Å². The summed E-state index contributed by atoms with van der Waals surface area (Å²) in [6, 6.07) is 8.51. The van der Waals surface area contributed by atoms with Crippen molar-refractivity contribution in [3.05, 3.63) is 62.1 Å². The zero-order valence-electron chi connectivity index (χ0n) is 10.8. The van der Waals surface area contributed by atoms with E-state index < -0.39 is 4.92 Å². The molecule has 2 rings (SSSR count). The van der Waals surface area contributed by atoms with Gasteiger partial charge in [-0.25, -0.2) is 0 Å². The molecule has 0 spiro atoms. The fourth-order valence-corrected chi connectivity index (χ4v) is 2.09. The third kappa shape index (κ3) is 3.51. The molecule has 0 saturated carbocycles. The van der Waals surface area contributed by atoms with Crippen LogP contribution in [0, 0.1) is 10.1 Å². The Hall–Kier alpha value is -2.11. The molecule has 0 bridgehead atoms. The molecule has 0 aliphatic heterocycles. The van der Waals surface area contributed by atoms with Crippen LogP contribution in [-0.2, 0) is 0 Å². The maximum absolute atomic E-state index is 11.3. The van der Waals surface area contributed by atoms with Crippen molar-refractivity contribution in [2.24, 2.45) is 0 Å². The van der Waals surface area contributed by atoms with Gasteiger partial charge in [0.05, 0.1) is 9.95 Å². The number of nitro groups is 1. The van der Waals surface area contributed by atoms with Gasteiger partial charge in [0.1, 0.15) is 5.75 Å². The molecule has 0 aromatic heterocycles. The van der Waals surface area contributed by atoms with Crippen LogP contribution in [0.2, 0.25) is 10.0 Å². The predicted molar refractivity (Wildman–Crippen MR) is 79.6 cm³/mol. The Morgan fingerprint density at radius 2 is 1.81 bits per heavy atom. The molecule has 0 atom stereocenters. The number of hydrogen-bond acceptors (Lipinski definition) is 4. The highest BCUT2D eigenvalue weighted by Crippen LogP contribution is 2.36. The number of benzene rings is 2. The van der Waals surface area contributed by atoms with Crippen molar-refractivity contribution < 1.29 is 14.5 Å². The highest BCUT2D eigenvalue weighted by molar-refractivity contribution is 6.35. The quantitative estimate of drug-likeness (QED) is 0.455. The second-order valence-corrected chi connectivity index (χ2v) is 5.02. The van der Waals surface area contributed by atoms with Crippen LogP contribution in [0.5, 0.6) is 11.5 Å². The lowest BCUT2D eigenvalue weighted by atomic mass is 10.1. The van der Waals surface area contributed by atoms with Crippen molar-refractivity contribution in [2.75, 3.05) is 0 Å². The van der Waals surface area contributed by atoms with E-state index in [1.165, 1.54) is 37.3 Å². The number of halogens is 2. The van der Waals surface area contributed by atoms with Gasteiger partial charge < -0.3 is 4.74 Å².